The second-order valence-corrected chi connectivity index (χ2v) is 6.43. The molecule has 7 nitrogen and oxygen atoms in total. The SMILES string of the molecule is CCCCn1c(O)c2c3c(cccc3c1=O)C(=O)C(=NC(C#N)CC#N)C2. The van der Waals surface area contributed by atoms with E-state index in [0.29, 0.717) is 22.9 Å². The molecule has 7 heteroatoms. The molecular weight excluding hydrogens is 344 g/mol. The Morgan fingerprint density at radius 1 is 1.33 bits per heavy atom. The van der Waals surface area contributed by atoms with Gasteiger partial charge in [0.05, 0.1) is 24.3 Å². The summed E-state index contributed by atoms with van der Waals surface area (Å²) in [4.78, 5) is 29.8. The van der Waals surface area contributed by atoms with Gasteiger partial charge in [-0.25, -0.2) is 0 Å². The van der Waals surface area contributed by atoms with Crippen LogP contribution in [0.15, 0.2) is 28.0 Å². The number of carbonyl (C=O) groups is 1. The first-order chi connectivity index (χ1) is 13.0. The smallest absolute Gasteiger partial charge is 0.261 e. The minimum atomic E-state index is -0.942. The standard InChI is InChI=1S/C20H18N4O3/c1-2-3-9-24-19(26)14-6-4-5-13-17(14)15(20(24)27)10-16(18(13)25)23-12(11-22)7-8-21/h4-6,12,27H,2-3,7,9-10H2,1H3. The minimum absolute atomic E-state index is 0.0220. The maximum absolute atomic E-state index is 12.8. The van der Waals surface area contributed by atoms with E-state index >= 15 is 0 Å². The number of nitrogens with zero attached hydrogens (tertiary/aromatic N) is 4. The van der Waals surface area contributed by atoms with Crippen molar-refractivity contribution in [2.75, 3.05) is 0 Å². The number of pyridine rings is 1. The molecule has 1 aliphatic carbocycles. The molecule has 1 unspecified atom stereocenters. The molecule has 3 rings (SSSR count). The number of rotatable bonds is 5. The summed E-state index contributed by atoms with van der Waals surface area (Å²) in [6, 6.07) is 7.70. The van der Waals surface area contributed by atoms with Gasteiger partial charge in [0.15, 0.2) is 5.88 Å². The average molecular weight is 362 g/mol. The number of benzene rings is 1. The van der Waals surface area contributed by atoms with E-state index in [-0.39, 0.29) is 41.3 Å². The van der Waals surface area contributed by atoms with Crippen LogP contribution in [0.3, 0.4) is 0 Å². The summed E-state index contributed by atoms with van der Waals surface area (Å²) in [5.41, 5.74) is 0.543. The predicted octanol–water partition coefficient (Wildman–Crippen LogP) is 2.49. The van der Waals surface area contributed by atoms with Crippen LogP contribution in [0.1, 0.15) is 42.1 Å². The van der Waals surface area contributed by atoms with Crippen LogP contribution in [-0.4, -0.2) is 27.2 Å². The van der Waals surface area contributed by atoms with E-state index in [9.17, 15) is 14.7 Å². The number of ketones is 1. The Morgan fingerprint density at radius 3 is 2.78 bits per heavy atom. The van der Waals surface area contributed by atoms with Crippen LogP contribution >= 0.6 is 0 Å². The quantitative estimate of drug-likeness (QED) is 0.876. The van der Waals surface area contributed by atoms with Crippen LogP contribution in [-0.2, 0) is 13.0 Å². The summed E-state index contributed by atoms with van der Waals surface area (Å²) in [7, 11) is 0. The molecule has 0 radical (unpaired) electrons. The largest absolute Gasteiger partial charge is 0.494 e. The van der Waals surface area contributed by atoms with Crippen molar-refractivity contribution in [3.05, 3.63) is 39.7 Å². The van der Waals surface area contributed by atoms with E-state index in [2.05, 4.69) is 4.99 Å². The lowest BCUT2D eigenvalue weighted by Crippen LogP contribution is -2.29. The molecule has 0 amide bonds. The fourth-order valence-electron chi connectivity index (χ4n) is 3.35. The van der Waals surface area contributed by atoms with Gasteiger partial charge in [-0.2, -0.15) is 10.5 Å². The van der Waals surface area contributed by atoms with Gasteiger partial charge in [0.25, 0.3) is 5.56 Å². The van der Waals surface area contributed by atoms with Gasteiger partial charge < -0.3 is 5.11 Å². The molecule has 1 atom stereocenters. The average Bonchev–Trinajstić information content (AvgIpc) is 2.68. The molecule has 0 spiro atoms. The molecule has 1 aromatic carbocycles. The lowest BCUT2D eigenvalue weighted by atomic mass is 9.87. The highest BCUT2D eigenvalue weighted by Gasteiger charge is 2.30. The number of hydrogen-bond donors (Lipinski definition) is 1. The fraction of sp³-hybridized carbons (Fsp3) is 0.350. The number of aromatic nitrogens is 1. The van der Waals surface area contributed by atoms with Crippen molar-refractivity contribution < 1.29 is 9.90 Å². The van der Waals surface area contributed by atoms with Crippen molar-refractivity contribution in [3.8, 4) is 18.0 Å². The lowest BCUT2D eigenvalue weighted by molar-refractivity contribution is 0.106. The summed E-state index contributed by atoms with van der Waals surface area (Å²) in [5, 5.41) is 29.5. The van der Waals surface area contributed by atoms with Gasteiger partial charge in [0.2, 0.25) is 5.78 Å². The zero-order valence-electron chi connectivity index (χ0n) is 14.9. The van der Waals surface area contributed by atoms with Crippen LogP contribution in [0, 0.1) is 22.7 Å². The molecule has 1 aliphatic rings. The number of aromatic hydroxyl groups is 1. The number of aliphatic imine (C=N–C) groups is 1. The zero-order chi connectivity index (χ0) is 19.6. The van der Waals surface area contributed by atoms with E-state index in [1.807, 2.05) is 19.1 Å². The Morgan fingerprint density at radius 2 is 2.11 bits per heavy atom. The molecule has 136 valence electrons. The molecule has 2 aromatic rings. The first-order valence-electron chi connectivity index (χ1n) is 8.78. The van der Waals surface area contributed by atoms with Gasteiger partial charge >= 0.3 is 0 Å². The van der Waals surface area contributed by atoms with Gasteiger partial charge in [-0.1, -0.05) is 25.5 Å². The summed E-state index contributed by atoms with van der Waals surface area (Å²) in [6.07, 6.45) is 1.50. The molecule has 27 heavy (non-hydrogen) atoms. The van der Waals surface area contributed by atoms with E-state index in [4.69, 9.17) is 10.5 Å². The lowest BCUT2D eigenvalue weighted by Gasteiger charge is -2.22. The van der Waals surface area contributed by atoms with Crippen LogP contribution in [0.2, 0.25) is 0 Å². The van der Waals surface area contributed by atoms with Gasteiger partial charge in [-0.15, -0.1) is 0 Å². The fourth-order valence-corrected chi connectivity index (χ4v) is 3.35. The summed E-state index contributed by atoms with van der Waals surface area (Å²) in [5.74, 6) is -0.543. The van der Waals surface area contributed by atoms with Crippen LogP contribution in [0.25, 0.3) is 10.8 Å². The monoisotopic (exact) mass is 362 g/mol. The van der Waals surface area contributed by atoms with Crippen molar-refractivity contribution in [3.63, 3.8) is 0 Å². The second kappa shape index (κ2) is 7.43. The molecule has 1 heterocycles. The molecule has 0 bridgehead atoms. The molecular formula is C20H18N4O3. The Kier molecular flexibility index (Phi) is 5.05. The third-order valence-electron chi connectivity index (χ3n) is 4.70. The Hall–Kier alpha value is -3.45. The minimum Gasteiger partial charge on any atom is -0.494 e. The zero-order valence-corrected chi connectivity index (χ0v) is 14.9. The summed E-state index contributed by atoms with van der Waals surface area (Å²) < 4.78 is 1.33. The maximum Gasteiger partial charge on any atom is 0.261 e. The molecule has 0 saturated heterocycles. The van der Waals surface area contributed by atoms with Gasteiger partial charge in [0.1, 0.15) is 6.04 Å². The predicted molar refractivity (Wildman–Crippen MR) is 99.9 cm³/mol. The summed E-state index contributed by atoms with van der Waals surface area (Å²) in [6.45, 7) is 2.37. The van der Waals surface area contributed by atoms with Crippen LogP contribution in [0.5, 0.6) is 5.88 Å². The van der Waals surface area contributed by atoms with Gasteiger partial charge in [0, 0.05) is 34.9 Å². The van der Waals surface area contributed by atoms with E-state index in [0.717, 1.165) is 12.8 Å². The van der Waals surface area contributed by atoms with Crippen molar-refractivity contribution in [2.24, 2.45) is 4.99 Å². The van der Waals surface area contributed by atoms with Gasteiger partial charge in [-0.05, 0) is 12.5 Å². The number of carbonyl (C=O) groups excluding carboxylic acids is 1. The first kappa shape index (κ1) is 18.3. The molecule has 0 aliphatic heterocycles. The third-order valence-corrected chi connectivity index (χ3v) is 4.70. The van der Waals surface area contributed by atoms with Crippen LogP contribution < -0.4 is 5.56 Å². The van der Waals surface area contributed by atoms with Crippen molar-refractivity contribution in [2.45, 2.75) is 45.2 Å². The van der Waals surface area contributed by atoms with E-state index < -0.39 is 6.04 Å². The second-order valence-electron chi connectivity index (χ2n) is 6.43. The summed E-state index contributed by atoms with van der Waals surface area (Å²) >= 11 is 0. The van der Waals surface area contributed by atoms with Crippen molar-refractivity contribution >= 4 is 22.3 Å². The first-order valence-corrected chi connectivity index (χ1v) is 8.78. The number of Topliss-reactive ketones (excluding diaryl/α,β-unsaturated/α-hetero) is 1. The number of unbranched alkanes of at least 4 members (excludes halogenated alkanes) is 1. The van der Waals surface area contributed by atoms with E-state index in [1.165, 1.54) is 4.57 Å². The molecule has 1 aromatic heterocycles. The molecule has 1 N–H and O–H groups in total. The van der Waals surface area contributed by atoms with Crippen molar-refractivity contribution in [1.29, 1.82) is 10.5 Å². The highest BCUT2D eigenvalue weighted by molar-refractivity contribution is 6.50. The molecule has 0 saturated carbocycles. The van der Waals surface area contributed by atoms with Crippen LogP contribution in [0.4, 0.5) is 0 Å². The van der Waals surface area contributed by atoms with E-state index in [1.54, 1.807) is 18.2 Å². The third kappa shape index (κ3) is 3.09. The highest BCUT2D eigenvalue weighted by Crippen LogP contribution is 2.33. The Bertz CT molecular complexity index is 1100. The maximum atomic E-state index is 12.8. The van der Waals surface area contributed by atoms with Gasteiger partial charge in [-0.3, -0.25) is 19.1 Å². The van der Waals surface area contributed by atoms with Crippen molar-refractivity contribution in [1.82, 2.24) is 4.57 Å². The normalized spacial score (nSPS) is 15.5. The molecule has 0 fully saturated rings. The Labute approximate surface area is 155 Å². The Balaban J connectivity index is 2.24. The highest BCUT2D eigenvalue weighted by atomic mass is 16.3. The number of nitriles is 2. The topological polar surface area (TPSA) is 119 Å². The number of hydrogen-bond acceptors (Lipinski definition) is 6.